The molecule has 0 fully saturated rings. The molecule has 3 N–H and O–H groups in total. The van der Waals surface area contributed by atoms with Crippen LogP contribution in [-0.4, -0.2) is 20.6 Å². The summed E-state index contributed by atoms with van der Waals surface area (Å²) in [6.45, 7) is 6.90. The van der Waals surface area contributed by atoms with Crippen LogP contribution in [0.15, 0.2) is 84.0 Å². The van der Waals surface area contributed by atoms with Gasteiger partial charge < -0.3 is 0 Å². The molecule has 0 aliphatic carbocycles. The van der Waals surface area contributed by atoms with Gasteiger partial charge in [0.1, 0.15) is 5.82 Å². The van der Waals surface area contributed by atoms with Gasteiger partial charge in [-0.05, 0) is 23.1 Å². The highest BCUT2D eigenvalue weighted by Crippen LogP contribution is 2.25. The first-order valence-electron chi connectivity index (χ1n) is 12.3. The van der Waals surface area contributed by atoms with E-state index in [0.717, 1.165) is 59.0 Å². The molecule has 5 rings (SSSR count). The topological polar surface area (TPSA) is 79.2 Å². The van der Waals surface area contributed by atoms with Gasteiger partial charge in [0.2, 0.25) is 0 Å². The summed E-state index contributed by atoms with van der Waals surface area (Å²) < 4.78 is 2.05. The molecule has 4 aromatic rings. The van der Waals surface area contributed by atoms with Gasteiger partial charge in [0.05, 0.1) is 6.54 Å². The van der Waals surface area contributed by atoms with Crippen LogP contribution >= 0.6 is 0 Å². The maximum Gasteiger partial charge on any atom is 0.181 e. The molecule has 35 heavy (non-hydrogen) atoms. The molecule has 0 unspecified atom stereocenters. The standard InChI is InChI=1S/C26H27N7.C2H6/c1-2-3-13-24-27-25(21-9-5-4-6-10-21)30-33(24)18-19-14-16-20(17-15-19)22-11-7-8-12-23(22)26-28-31-32-29-26;1-2/h4-12,14-17,31-32H,2-3,13,18H2,1H3,(H,28,29);1-2H3. The average molecular weight is 468 g/mol. The van der Waals surface area contributed by atoms with Crippen LogP contribution in [0.1, 0.15) is 50.6 Å². The summed E-state index contributed by atoms with van der Waals surface area (Å²) in [5.74, 6) is 2.60. The number of hydrogen-bond acceptors (Lipinski definition) is 6. The third kappa shape index (κ3) is 5.75. The summed E-state index contributed by atoms with van der Waals surface area (Å²) in [6.07, 6.45) is 3.16. The average Bonchev–Trinajstić information content (AvgIpc) is 3.60. The number of unbranched alkanes of at least 4 members (excludes halogenated alkanes) is 1. The summed E-state index contributed by atoms with van der Waals surface area (Å²) >= 11 is 0. The number of benzene rings is 3. The maximum atomic E-state index is 4.85. The van der Waals surface area contributed by atoms with E-state index in [9.17, 15) is 0 Å². The van der Waals surface area contributed by atoms with E-state index in [1.165, 1.54) is 5.56 Å². The maximum absolute atomic E-state index is 4.85. The van der Waals surface area contributed by atoms with Gasteiger partial charge in [0.15, 0.2) is 11.7 Å². The van der Waals surface area contributed by atoms with Crippen LogP contribution in [0.25, 0.3) is 22.5 Å². The van der Waals surface area contributed by atoms with Crippen molar-refractivity contribution in [2.45, 2.75) is 46.6 Å². The quantitative estimate of drug-likeness (QED) is 0.328. The van der Waals surface area contributed by atoms with Crippen molar-refractivity contribution in [3.05, 3.63) is 95.8 Å². The summed E-state index contributed by atoms with van der Waals surface area (Å²) in [7, 11) is 0. The molecule has 1 aliphatic heterocycles. The smallest absolute Gasteiger partial charge is 0.181 e. The van der Waals surface area contributed by atoms with Crippen molar-refractivity contribution in [3.8, 4) is 22.5 Å². The molecule has 0 bridgehead atoms. The Labute approximate surface area is 207 Å². The zero-order chi connectivity index (χ0) is 24.5. The monoisotopic (exact) mass is 467 g/mol. The first-order chi connectivity index (χ1) is 17.3. The Morgan fingerprint density at radius 2 is 1.51 bits per heavy atom. The van der Waals surface area contributed by atoms with Crippen molar-refractivity contribution in [2.75, 3.05) is 0 Å². The molecule has 0 radical (unpaired) electrons. The summed E-state index contributed by atoms with van der Waals surface area (Å²) in [5, 5.41) is 9.10. The number of aromatic nitrogens is 3. The van der Waals surface area contributed by atoms with Gasteiger partial charge in [-0.15, -0.1) is 10.6 Å². The Kier molecular flexibility index (Phi) is 8.25. The first-order valence-corrected chi connectivity index (χ1v) is 12.3. The zero-order valence-corrected chi connectivity index (χ0v) is 20.6. The Morgan fingerprint density at radius 3 is 2.20 bits per heavy atom. The molecule has 0 saturated carbocycles. The fraction of sp³-hybridized carbons (Fsp3) is 0.250. The largest absolute Gasteiger partial charge is 0.285 e. The third-order valence-corrected chi connectivity index (χ3v) is 5.72. The minimum Gasteiger partial charge on any atom is -0.285 e. The molecular weight excluding hydrogens is 434 g/mol. The van der Waals surface area contributed by atoms with Crippen LogP contribution in [0.5, 0.6) is 0 Å². The minimum absolute atomic E-state index is 0.697. The molecule has 0 saturated heterocycles. The van der Waals surface area contributed by atoms with Crippen LogP contribution in [0.3, 0.4) is 0 Å². The van der Waals surface area contributed by atoms with E-state index in [4.69, 9.17) is 10.1 Å². The molecule has 3 aromatic carbocycles. The van der Waals surface area contributed by atoms with E-state index < -0.39 is 0 Å². The summed E-state index contributed by atoms with van der Waals surface area (Å²) in [4.78, 5) is 4.85. The number of hydrogen-bond donors (Lipinski definition) is 3. The lowest BCUT2D eigenvalue weighted by Gasteiger charge is -2.11. The fourth-order valence-corrected chi connectivity index (χ4v) is 3.96. The highest BCUT2D eigenvalue weighted by Gasteiger charge is 2.14. The van der Waals surface area contributed by atoms with Crippen molar-refractivity contribution in [1.29, 1.82) is 0 Å². The molecule has 7 nitrogen and oxygen atoms in total. The van der Waals surface area contributed by atoms with E-state index in [-0.39, 0.29) is 0 Å². The van der Waals surface area contributed by atoms with E-state index in [2.05, 4.69) is 81.7 Å². The number of hydrazine groups is 2. The number of amidine groups is 1. The van der Waals surface area contributed by atoms with Crippen LogP contribution in [-0.2, 0) is 13.0 Å². The molecule has 2 heterocycles. The SMILES string of the molecule is CC.CCCCc1nc(-c2ccccc2)nn1Cc1ccc(-c2ccccc2C2=NNNN2)cc1. The fourth-order valence-electron chi connectivity index (χ4n) is 3.96. The zero-order valence-electron chi connectivity index (χ0n) is 20.6. The van der Waals surface area contributed by atoms with Gasteiger partial charge in [-0.1, -0.05) is 106 Å². The molecule has 0 amide bonds. The molecule has 7 heteroatoms. The predicted octanol–water partition coefficient (Wildman–Crippen LogP) is 5.30. The van der Waals surface area contributed by atoms with E-state index in [1.807, 2.05) is 44.2 Å². The number of nitrogens with one attached hydrogen (secondary N) is 3. The van der Waals surface area contributed by atoms with Gasteiger partial charge in [-0.3, -0.25) is 5.43 Å². The Bertz CT molecular complexity index is 1240. The molecule has 0 atom stereocenters. The second kappa shape index (κ2) is 11.9. The minimum atomic E-state index is 0.697. The van der Waals surface area contributed by atoms with Crippen LogP contribution in [0.2, 0.25) is 0 Å². The van der Waals surface area contributed by atoms with Crippen molar-refractivity contribution >= 4 is 5.84 Å². The van der Waals surface area contributed by atoms with E-state index in [0.29, 0.717) is 6.54 Å². The number of rotatable bonds is 8. The second-order valence-corrected chi connectivity index (χ2v) is 8.04. The molecule has 180 valence electrons. The van der Waals surface area contributed by atoms with Crippen LogP contribution in [0.4, 0.5) is 0 Å². The third-order valence-electron chi connectivity index (χ3n) is 5.72. The van der Waals surface area contributed by atoms with Crippen LogP contribution in [0, 0.1) is 0 Å². The van der Waals surface area contributed by atoms with Gasteiger partial charge in [-0.2, -0.15) is 5.10 Å². The molecule has 1 aromatic heterocycles. The molecular formula is C28H33N7. The van der Waals surface area contributed by atoms with Gasteiger partial charge in [0.25, 0.3) is 0 Å². The molecule has 0 spiro atoms. The van der Waals surface area contributed by atoms with Gasteiger partial charge in [0, 0.05) is 17.5 Å². The Morgan fingerprint density at radius 1 is 0.800 bits per heavy atom. The van der Waals surface area contributed by atoms with E-state index >= 15 is 0 Å². The normalized spacial score (nSPS) is 12.3. The second-order valence-electron chi connectivity index (χ2n) is 8.04. The Balaban J connectivity index is 0.00000141. The predicted molar refractivity (Wildman–Crippen MR) is 142 cm³/mol. The molecule has 1 aliphatic rings. The summed E-state index contributed by atoms with van der Waals surface area (Å²) in [6, 6.07) is 27.1. The lowest BCUT2D eigenvalue weighted by atomic mass is 9.98. The lowest BCUT2D eigenvalue weighted by molar-refractivity contribution is 0.577. The Hall–Kier alpha value is -3.97. The van der Waals surface area contributed by atoms with E-state index in [1.54, 1.807) is 0 Å². The van der Waals surface area contributed by atoms with Crippen molar-refractivity contribution < 1.29 is 0 Å². The lowest BCUT2D eigenvalue weighted by Crippen LogP contribution is -2.35. The number of nitrogens with zero attached hydrogens (tertiary/aromatic N) is 4. The van der Waals surface area contributed by atoms with Crippen molar-refractivity contribution in [2.24, 2.45) is 5.10 Å². The highest BCUT2D eigenvalue weighted by atomic mass is 15.8. The van der Waals surface area contributed by atoms with Crippen molar-refractivity contribution in [3.63, 3.8) is 0 Å². The summed E-state index contributed by atoms with van der Waals surface area (Å²) in [5.41, 5.74) is 14.1. The van der Waals surface area contributed by atoms with Crippen molar-refractivity contribution in [1.82, 2.24) is 31.3 Å². The van der Waals surface area contributed by atoms with Gasteiger partial charge in [-0.25, -0.2) is 15.2 Å². The van der Waals surface area contributed by atoms with Gasteiger partial charge >= 0.3 is 0 Å². The first kappa shape index (κ1) is 24.2. The number of hydrazone groups is 1. The number of aryl methyl sites for hydroxylation is 1. The van der Waals surface area contributed by atoms with Crippen LogP contribution < -0.4 is 16.5 Å². The highest BCUT2D eigenvalue weighted by molar-refractivity contribution is 6.04.